The van der Waals surface area contributed by atoms with E-state index in [1.165, 1.54) is 0 Å². The summed E-state index contributed by atoms with van der Waals surface area (Å²) in [6.07, 6.45) is 4.68. The van der Waals surface area contributed by atoms with Crippen molar-refractivity contribution in [3.63, 3.8) is 0 Å². The predicted molar refractivity (Wildman–Crippen MR) is 65.4 cm³/mol. The molecule has 1 unspecified atom stereocenters. The number of hydrogen-bond donors (Lipinski definition) is 1. The van der Waals surface area contributed by atoms with Gasteiger partial charge < -0.3 is 9.88 Å². The second-order valence-corrected chi connectivity index (χ2v) is 5.72. The molecule has 1 heterocycles. The highest BCUT2D eigenvalue weighted by Crippen LogP contribution is 2.23. The molecule has 15 heavy (non-hydrogen) atoms. The van der Waals surface area contributed by atoms with Crippen LogP contribution in [-0.2, 0) is 7.05 Å². The Bertz CT molecular complexity index is 301. The summed E-state index contributed by atoms with van der Waals surface area (Å²) in [4.78, 5) is 4.18. The Morgan fingerprint density at radius 1 is 1.53 bits per heavy atom. The van der Waals surface area contributed by atoms with Crippen LogP contribution >= 0.6 is 11.6 Å². The van der Waals surface area contributed by atoms with Gasteiger partial charge in [-0.2, -0.15) is 0 Å². The van der Waals surface area contributed by atoms with Gasteiger partial charge in [-0.25, -0.2) is 4.98 Å². The van der Waals surface area contributed by atoms with Crippen LogP contribution in [0, 0.1) is 5.41 Å². The van der Waals surface area contributed by atoms with Crippen LogP contribution in [-0.4, -0.2) is 21.5 Å². The zero-order chi connectivity index (χ0) is 11.5. The minimum atomic E-state index is 0.140. The molecule has 4 heteroatoms. The van der Waals surface area contributed by atoms with Crippen molar-refractivity contribution in [2.24, 2.45) is 12.5 Å². The maximum absolute atomic E-state index is 6.24. The molecule has 0 aliphatic carbocycles. The summed E-state index contributed by atoms with van der Waals surface area (Å²) in [5.41, 5.74) is 0.274. The Balaban J connectivity index is 2.35. The molecule has 0 amide bonds. The number of anilines is 1. The molecular formula is C11H20ClN3. The molecule has 3 nitrogen and oxygen atoms in total. The van der Waals surface area contributed by atoms with Crippen LogP contribution in [0.4, 0.5) is 5.95 Å². The van der Waals surface area contributed by atoms with E-state index in [1.807, 2.05) is 17.8 Å². The molecule has 0 radical (unpaired) electrons. The maximum atomic E-state index is 6.24. The summed E-state index contributed by atoms with van der Waals surface area (Å²) in [5.74, 6) is 0.870. The first-order chi connectivity index (χ1) is 6.88. The summed E-state index contributed by atoms with van der Waals surface area (Å²) in [6, 6.07) is 0. The predicted octanol–water partition coefficient (Wildman–Crippen LogP) is 2.88. The molecule has 1 N–H and O–H groups in total. The van der Waals surface area contributed by atoms with E-state index in [-0.39, 0.29) is 10.8 Å². The molecule has 0 spiro atoms. The van der Waals surface area contributed by atoms with Crippen molar-refractivity contribution in [1.29, 1.82) is 0 Å². The third-order valence-electron chi connectivity index (χ3n) is 2.14. The van der Waals surface area contributed by atoms with Gasteiger partial charge >= 0.3 is 0 Å². The number of aromatic nitrogens is 2. The van der Waals surface area contributed by atoms with Gasteiger partial charge in [0, 0.05) is 26.0 Å². The molecular weight excluding hydrogens is 210 g/mol. The van der Waals surface area contributed by atoms with Gasteiger partial charge in [-0.1, -0.05) is 20.8 Å². The van der Waals surface area contributed by atoms with E-state index >= 15 is 0 Å². The lowest BCUT2D eigenvalue weighted by atomic mass is 9.90. The number of nitrogens with one attached hydrogen (secondary N) is 1. The van der Waals surface area contributed by atoms with Gasteiger partial charge in [0.1, 0.15) is 0 Å². The highest BCUT2D eigenvalue weighted by atomic mass is 35.5. The second kappa shape index (κ2) is 4.88. The number of nitrogens with zero attached hydrogens (tertiary/aromatic N) is 2. The summed E-state index contributed by atoms with van der Waals surface area (Å²) in [6.45, 7) is 7.35. The van der Waals surface area contributed by atoms with Gasteiger partial charge in [0.05, 0.1) is 5.38 Å². The van der Waals surface area contributed by atoms with E-state index in [1.54, 1.807) is 6.20 Å². The summed E-state index contributed by atoms with van der Waals surface area (Å²) >= 11 is 6.24. The van der Waals surface area contributed by atoms with Gasteiger partial charge in [-0.3, -0.25) is 0 Å². The monoisotopic (exact) mass is 229 g/mol. The van der Waals surface area contributed by atoms with E-state index in [0.29, 0.717) is 0 Å². The van der Waals surface area contributed by atoms with Crippen molar-refractivity contribution in [3.05, 3.63) is 12.4 Å². The fourth-order valence-corrected chi connectivity index (χ4v) is 2.01. The first kappa shape index (κ1) is 12.4. The Morgan fingerprint density at radius 3 is 2.67 bits per heavy atom. The standard InChI is InChI=1S/C11H20ClN3/c1-11(2,3)7-9(12)8-14-10-13-5-6-15(10)4/h5-6,9H,7-8H2,1-4H3,(H,13,14). The van der Waals surface area contributed by atoms with Crippen LogP contribution in [0.5, 0.6) is 0 Å². The average molecular weight is 230 g/mol. The fraction of sp³-hybridized carbons (Fsp3) is 0.727. The van der Waals surface area contributed by atoms with Crippen molar-refractivity contribution < 1.29 is 0 Å². The average Bonchev–Trinajstić information content (AvgIpc) is 2.44. The lowest BCUT2D eigenvalue weighted by molar-refractivity contribution is 0.373. The maximum Gasteiger partial charge on any atom is 0.202 e. The highest BCUT2D eigenvalue weighted by molar-refractivity contribution is 6.20. The zero-order valence-electron chi connectivity index (χ0n) is 9.92. The van der Waals surface area contributed by atoms with E-state index < -0.39 is 0 Å². The highest BCUT2D eigenvalue weighted by Gasteiger charge is 2.16. The van der Waals surface area contributed by atoms with Crippen LogP contribution < -0.4 is 5.32 Å². The zero-order valence-corrected chi connectivity index (χ0v) is 10.7. The van der Waals surface area contributed by atoms with E-state index in [2.05, 4.69) is 31.1 Å². The minimum Gasteiger partial charge on any atom is -0.354 e. The molecule has 1 rings (SSSR count). The molecule has 0 aliphatic heterocycles. The molecule has 0 saturated carbocycles. The van der Waals surface area contributed by atoms with E-state index in [0.717, 1.165) is 18.9 Å². The molecule has 1 aromatic rings. The number of aryl methyl sites for hydroxylation is 1. The molecule has 0 fully saturated rings. The van der Waals surface area contributed by atoms with Crippen molar-refractivity contribution >= 4 is 17.5 Å². The van der Waals surface area contributed by atoms with Crippen LogP contribution in [0.1, 0.15) is 27.2 Å². The van der Waals surface area contributed by atoms with Gasteiger partial charge in [0.25, 0.3) is 0 Å². The Labute approximate surface area is 96.8 Å². The number of alkyl halides is 1. The largest absolute Gasteiger partial charge is 0.354 e. The Morgan fingerprint density at radius 2 is 2.20 bits per heavy atom. The first-order valence-electron chi connectivity index (χ1n) is 5.24. The van der Waals surface area contributed by atoms with Gasteiger partial charge in [-0.05, 0) is 11.8 Å². The fourth-order valence-electron chi connectivity index (χ4n) is 1.47. The van der Waals surface area contributed by atoms with Crippen molar-refractivity contribution in [2.75, 3.05) is 11.9 Å². The molecule has 1 aromatic heterocycles. The summed E-state index contributed by atoms with van der Waals surface area (Å²) < 4.78 is 1.95. The second-order valence-electron chi connectivity index (χ2n) is 5.10. The molecule has 0 saturated heterocycles. The summed E-state index contributed by atoms with van der Waals surface area (Å²) in [7, 11) is 1.96. The molecule has 86 valence electrons. The number of hydrogen-bond acceptors (Lipinski definition) is 2. The lowest BCUT2D eigenvalue weighted by Gasteiger charge is -2.22. The van der Waals surface area contributed by atoms with Gasteiger partial charge in [-0.15, -0.1) is 11.6 Å². The number of imidazole rings is 1. The quantitative estimate of drug-likeness (QED) is 0.805. The topological polar surface area (TPSA) is 29.9 Å². The van der Waals surface area contributed by atoms with Gasteiger partial charge in [0.15, 0.2) is 0 Å². The third kappa shape index (κ3) is 4.56. The summed E-state index contributed by atoms with van der Waals surface area (Å²) in [5, 5.41) is 3.38. The van der Waals surface area contributed by atoms with Crippen molar-refractivity contribution in [3.8, 4) is 0 Å². The van der Waals surface area contributed by atoms with Crippen LogP contribution in [0.3, 0.4) is 0 Å². The Kier molecular flexibility index (Phi) is 4.03. The first-order valence-corrected chi connectivity index (χ1v) is 5.67. The van der Waals surface area contributed by atoms with E-state index in [9.17, 15) is 0 Å². The molecule has 0 aromatic carbocycles. The molecule has 0 aliphatic rings. The smallest absolute Gasteiger partial charge is 0.202 e. The SMILES string of the molecule is Cn1ccnc1NCC(Cl)CC(C)(C)C. The number of halogens is 1. The molecule has 0 bridgehead atoms. The normalized spacial score (nSPS) is 13.9. The van der Waals surface area contributed by atoms with E-state index in [4.69, 9.17) is 11.6 Å². The van der Waals surface area contributed by atoms with Gasteiger partial charge in [0.2, 0.25) is 5.95 Å². The third-order valence-corrected chi connectivity index (χ3v) is 2.45. The number of rotatable bonds is 4. The van der Waals surface area contributed by atoms with Crippen molar-refractivity contribution in [2.45, 2.75) is 32.6 Å². The van der Waals surface area contributed by atoms with Crippen LogP contribution in [0.2, 0.25) is 0 Å². The Hall–Kier alpha value is -0.700. The molecule has 1 atom stereocenters. The lowest BCUT2D eigenvalue weighted by Crippen LogP contribution is -2.21. The van der Waals surface area contributed by atoms with Crippen LogP contribution in [0.15, 0.2) is 12.4 Å². The van der Waals surface area contributed by atoms with Crippen LogP contribution in [0.25, 0.3) is 0 Å². The minimum absolute atomic E-state index is 0.140. The van der Waals surface area contributed by atoms with Crippen molar-refractivity contribution in [1.82, 2.24) is 9.55 Å².